The molecule has 0 bridgehead atoms. The first-order valence-electron chi connectivity index (χ1n) is 7.08. The van der Waals surface area contributed by atoms with Crippen LogP contribution in [0.25, 0.3) is 22.6 Å². The molecule has 0 radical (unpaired) electrons. The first-order chi connectivity index (χ1) is 11.3. The Hall–Kier alpha value is -2.37. The van der Waals surface area contributed by atoms with E-state index in [1.54, 1.807) is 6.20 Å². The highest BCUT2D eigenvalue weighted by molar-refractivity contribution is 7.15. The zero-order valence-corrected chi connectivity index (χ0v) is 13.6. The lowest BCUT2D eigenvalue weighted by Crippen LogP contribution is -1.96. The predicted octanol–water partition coefficient (Wildman–Crippen LogP) is 5.22. The van der Waals surface area contributed by atoms with Crippen molar-refractivity contribution in [3.63, 3.8) is 0 Å². The molecule has 23 heavy (non-hydrogen) atoms. The third-order valence-corrected chi connectivity index (χ3v) is 4.52. The van der Waals surface area contributed by atoms with Gasteiger partial charge in [0.25, 0.3) is 0 Å². The summed E-state index contributed by atoms with van der Waals surface area (Å²) in [4.78, 5) is 9.68. The SMILES string of the molecule is Clc1ncc(CNc2ccc3oc(-c4ccccc4)nc3c2)s1. The van der Waals surface area contributed by atoms with Crippen LogP contribution in [0.1, 0.15) is 4.88 Å². The Labute approximate surface area is 141 Å². The first kappa shape index (κ1) is 14.2. The van der Waals surface area contributed by atoms with Crippen LogP contribution in [0.4, 0.5) is 5.69 Å². The van der Waals surface area contributed by atoms with E-state index < -0.39 is 0 Å². The molecule has 0 unspecified atom stereocenters. The van der Waals surface area contributed by atoms with Gasteiger partial charge >= 0.3 is 0 Å². The monoisotopic (exact) mass is 341 g/mol. The molecular weight excluding hydrogens is 330 g/mol. The van der Waals surface area contributed by atoms with E-state index in [0.29, 0.717) is 16.9 Å². The number of anilines is 1. The third kappa shape index (κ3) is 3.06. The number of thiazole rings is 1. The van der Waals surface area contributed by atoms with Crippen LogP contribution in [-0.4, -0.2) is 9.97 Å². The van der Waals surface area contributed by atoms with E-state index in [2.05, 4.69) is 15.3 Å². The van der Waals surface area contributed by atoms with Crippen molar-refractivity contribution in [2.75, 3.05) is 5.32 Å². The summed E-state index contributed by atoms with van der Waals surface area (Å²) in [5.74, 6) is 0.631. The van der Waals surface area contributed by atoms with E-state index in [1.807, 2.05) is 48.5 Å². The molecule has 4 aromatic rings. The molecule has 6 heteroatoms. The van der Waals surface area contributed by atoms with Gasteiger partial charge in [0, 0.05) is 22.3 Å². The highest BCUT2D eigenvalue weighted by atomic mass is 35.5. The van der Waals surface area contributed by atoms with Crippen molar-refractivity contribution in [1.82, 2.24) is 9.97 Å². The maximum absolute atomic E-state index is 5.84. The molecule has 2 heterocycles. The topological polar surface area (TPSA) is 51.0 Å². The van der Waals surface area contributed by atoms with E-state index in [0.717, 1.165) is 27.2 Å². The summed E-state index contributed by atoms with van der Waals surface area (Å²) in [5.41, 5.74) is 3.55. The second-order valence-corrected chi connectivity index (χ2v) is 6.70. The number of benzene rings is 2. The van der Waals surface area contributed by atoms with Gasteiger partial charge in [0.15, 0.2) is 10.0 Å². The summed E-state index contributed by atoms with van der Waals surface area (Å²) >= 11 is 7.31. The number of oxazole rings is 1. The molecule has 0 aliphatic heterocycles. The molecule has 0 aliphatic carbocycles. The summed E-state index contributed by atoms with van der Waals surface area (Å²) in [6.45, 7) is 0.680. The number of rotatable bonds is 4. The van der Waals surface area contributed by atoms with Crippen molar-refractivity contribution in [3.05, 3.63) is 64.1 Å². The minimum atomic E-state index is 0.557. The van der Waals surface area contributed by atoms with Crippen molar-refractivity contribution in [3.8, 4) is 11.5 Å². The van der Waals surface area contributed by atoms with Crippen molar-refractivity contribution in [1.29, 1.82) is 0 Å². The molecule has 2 aromatic carbocycles. The average Bonchev–Trinajstić information content (AvgIpc) is 3.19. The number of halogens is 1. The number of aromatic nitrogens is 2. The van der Waals surface area contributed by atoms with Gasteiger partial charge in [-0.1, -0.05) is 29.8 Å². The maximum atomic E-state index is 5.84. The number of hydrogen-bond donors (Lipinski definition) is 1. The minimum absolute atomic E-state index is 0.557. The van der Waals surface area contributed by atoms with Crippen LogP contribution in [0.5, 0.6) is 0 Å². The molecular formula is C17H12ClN3OS. The number of fused-ring (bicyclic) bond motifs is 1. The van der Waals surface area contributed by atoms with Crippen molar-refractivity contribution >= 4 is 39.7 Å². The van der Waals surface area contributed by atoms with E-state index in [9.17, 15) is 0 Å². The molecule has 0 spiro atoms. The lowest BCUT2D eigenvalue weighted by Gasteiger charge is -2.03. The Balaban J connectivity index is 1.58. The van der Waals surface area contributed by atoms with Crippen LogP contribution in [0.2, 0.25) is 4.47 Å². The lowest BCUT2D eigenvalue weighted by molar-refractivity contribution is 0.620. The molecule has 114 valence electrons. The Bertz CT molecular complexity index is 949. The fourth-order valence-electron chi connectivity index (χ4n) is 2.30. The summed E-state index contributed by atoms with van der Waals surface area (Å²) in [6.07, 6.45) is 1.78. The van der Waals surface area contributed by atoms with Gasteiger partial charge in [-0.05, 0) is 30.3 Å². The van der Waals surface area contributed by atoms with Gasteiger partial charge in [0.2, 0.25) is 5.89 Å². The number of nitrogens with one attached hydrogen (secondary N) is 1. The van der Waals surface area contributed by atoms with Gasteiger partial charge in [-0.2, -0.15) is 0 Å². The van der Waals surface area contributed by atoms with Crippen molar-refractivity contribution in [2.24, 2.45) is 0 Å². The number of nitrogens with zero attached hydrogens (tertiary/aromatic N) is 2. The molecule has 0 aliphatic rings. The standard InChI is InChI=1S/C17H12ClN3OS/c18-17-20-10-13(23-17)9-19-12-6-7-15-14(8-12)21-16(22-15)11-4-2-1-3-5-11/h1-8,10,19H,9H2. The van der Waals surface area contributed by atoms with E-state index in [4.69, 9.17) is 16.0 Å². The minimum Gasteiger partial charge on any atom is -0.436 e. The van der Waals surface area contributed by atoms with Crippen LogP contribution < -0.4 is 5.32 Å². The van der Waals surface area contributed by atoms with Crippen LogP contribution >= 0.6 is 22.9 Å². The molecule has 0 fully saturated rings. The van der Waals surface area contributed by atoms with Crippen LogP contribution in [0.3, 0.4) is 0 Å². The second kappa shape index (κ2) is 6.02. The van der Waals surface area contributed by atoms with Crippen molar-refractivity contribution < 1.29 is 4.42 Å². The molecule has 0 saturated carbocycles. The van der Waals surface area contributed by atoms with Gasteiger partial charge in [0.1, 0.15) is 5.52 Å². The predicted molar refractivity (Wildman–Crippen MR) is 93.9 cm³/mol. The van der Waals surface area contributed by atoms with E-state index >= 15 is 0 Å². The normalized spacial score (nSPS) is 11.0. The van der Waals surface area contributed by atoms with Crippen LogP contribution in [0.15, 0.2) is 59.1 Å². The molecule has 0 amide bonds. The summed E-state index contributed by atoms with van der Waals surface area (Å²) in [5, 5.41) is 3.35. The highest BCUT2D eigenvalue weighted by Crippen LogP contribution is 2.26. The maximum Gasteiger partial charge on any atom is 0.227 e. The third-order valence-electron chi connectivity index (χ3n) is 3.40. The molecule has 1 N–H and O–H groups in total. The Kier molecular flexibility index (Phi) is 3.73. The molecule has 4 nitrogen and oxygen atoms in total. The van der Waals surface area contributed by atoms with Crippen LogP contribution in [-0.2, 0) is 6.54 Å². The molecule has 0 saturated heterocycles. The summed E-state index contributed by atoms with van der Waals surface area (Å²) < 4.78 is 6.37. The van der Waals surface area contributed by atoms with Gasteiger partial charge < -0.3 is 9.73 Å². The Morgan fingerprint density at radius 2 is 2.00 bits per heavy atom. The zero-order chi connectivity index (χ0) is 15.6. The molecule has 4 rings (SSSR count). The van der Waals surface area contributed by atoms with Crippen molar-refractivity contribution in [2.45, 2.75) is 6.54 Å². The molecule has 0 atom stereocenters. The quantitative estimate of drug-likeness (QED) is 0.553. The van der Waals surface area contributed by atoms with Gasteiger partial charge in [-0.15, -0.1) is 11.3 Å². The summed E-state index contributed by atoms with van der Waals surface area (Å²) in [6, 6.07) is 15.8. The van der Waals surface area contributed by atoms with Gasteiger partial charge in [0.05, 0.1) is 6.54 Å². The Morgan fingerprint density at radius 3 is 2.78 bits per heavy atom. The van der Waals surface area contributed by atoms with Gasteiger partial charge in [-0.3, -0.25) is 0 Å². The lowest BCUT2D eigenvalue weighted by atomic mass is 10.2. The number of hydrogen-bond acceptors (Lipinski definition) is 5. The first-order valence-corrected chi connectivity index (χ1v) is 8.27. The highest BCUT2D eigenvalue weighted by Gasteiger charge is 2.08. The summed E-state index contributed by atoms with van der Waals surface area (Å²) in [7, 11) is 0. The largest absolute Gasteiger partial charge is 0.436 e. The Morgan fingerprint density at radius 1 is 1.13 bits per heavy atom. The average molecular weight is 342 g/mol. The van der Waals surface area contributed by atoms with Gasteiger partial charge in [-0.25, -0.2) is 9.97 Å². The fourth-order valence-corrected chi connectivity index (χ4v) is 3.21. The van der Waals surface area contributed by atoms with E-state index in [-0.39, 0.29) is 0 Å². The molecule has 2 aromatic heterocycles. The smallest absolute Gasteiger partial charge is 0.227 e. The van der Waals surface area contributed by atoms with E-state index in [1.165, 1.54) is 11.3 Å². The zero-order valence-electron chi connectivity index (χ0n) is 12.0. The second-order valence-electron chi connectivity index (χ2n) is 5.00. The van der Waals surface area contributed by atoms with Crippen LogP contribution in [0, 0.1) is 0 Å². The fraction of sp³-hybridized carbons (Fsp3) is 0.0588.